The number of rotatable bonds is 6. The van der Waals surface area contributed by atoms with Crippen LogP contribution in [0.1, 0.15) is 34.3 Å². The highest BCUT2D eigenvalue weighted by molar-refractivity contribution is 7.99. The van der Waals surface area contributed by atoms with Gasteiger partial charge in [-0.25, -0.2) is 0 Å². The number of ketones is 1. The number of nitrogens with one attached hydrogen (secondary N) is 1. The number of amides is 1. The highest BCUT2D eigenvalue weighted by Gasteiger charge is 2.12. The quantitative estimate of drug-likeness (QED) is 0.824. The minimum atomic E-state index is -0.162. The third-order valence-electron chi connectivity index (χ3n) is 3.14. The van der Waals surface area contributed by atoms with Crippen molar-refractivity contribution in [1.82, 2.24) is 10.1 Å². The van der Waals surface area contributed by atoms with Gasteiger partial charge in [-0.3, -0.25) is 14.6 Å². The lowest BCUT2D eigenvalue weighted by molar-refractivity contribution is -0.113. The molecule has 0 bridgehead atoms. The van der Waals surface area contributed by atoms with Crippen molar-refractivity contribution in [2.45, 2.75) is 26.5 Å². The fourth-order valence-electron chi connectivity index (χ4n) is 1.92. The molecule has 0 spiro atoms. The Morgan fingerprint density at radius 2 is 2.14 bits per heavy atom. The first-order valence-corrected chi connectivity index (χ1v) is 7.88. The zero-order valence-corrected chi connectivity index (χ0v) is 13.5. The maximum absolute atomic E-state index is 12.0. The van der Waals surface area contributed by atoms with Crippen LogP contribution in [0.25, 0.3) is 0 Å². The fraction of sp³-hybridized carbons (Fsp3) is 0.333. The van der Waals surface area contributed by atoms with Gasteiger partial charge in [0, 0.05) is 23.7 Å². The van der Waals surface area contributed by atoms with E-state index in [1.807, 2.05) is 13.8 Å². The molecule has 2 aromatic heterocycles. The van der Waals surface area contributed by atoms with Crippen LogP contribution in [0, 0.1) is 13.8 Å². The normalized spacial score (nSPS) is 10.5. The molecular weight excluding hydrogens is 302 g/mol. The van der Waals surface area contributed by atoms with E-state index in [1.165, 1.54) is 24.9 Å². The van der Waals surface area contributed by atoms with E-state index in [0.717, 1.165) is 17.0 Å². The third kappa shape index (κ3) is 3.94. The standard InChI is InChI=1S/C15H17N3O3S/c1-9-13(11(3)21-18-9)7-22-8-15(20)17-14-4-5-16-6-12(14)10(2)19/h4-6H,7-8H2,1-3H3,(H,16,17,20). The van der Waals surface area contributed by atoms with Gasteiger partial charge in [0.1, 0.15) is 5.76 Å². The highest BCUT2D eigenvalue weighted by Crippen LogP contribution is 2.20. The van der Waals surface area contributed by atoms with E-state index < -0.39 is 0 Å². The molecule has 2 heterocycles. The Morgan fingerprint density at radius 3 is 2.77 bits per heavy atom. The van der Waals surface area contributed by atoms with Gasteiger partial charge in [0.25, 0.3) is 0 Å². The van der Waals surface area contributed by atoms with Gasteiger partial charge in [-0.1, -0.05) is 5.16 Å². The summed E-state index contributed by atoms with van der Waals surface area (Å²) in [4.78, 5) is 27.4. The number of anilines is 1. The second-order valence-corrected chi connectivity index (χ2v) is 5.81. The van der Waals surface area contributed by atoms with Crippen LogP contribution in [-0.4, -0.2) is 27.6 Å². The monoisotopic (exact) mass is 319 g/mol. The van der Waals surface area contributed by atoms with Crippen LogP contribution in [0.4, 0.5) is 5.69 Å². The first kappa shape index (κ1) is 16.2. The molecule has 0 aliphatic carbocycles. The van der Waals surface area contributed by atoms with E-state index in [-0.39, 0.29) is 17.4 Å². The summed E-state index contributed by atoms with van der Waals surface area (Å²) in [6.45, 7) is 5.17. The van der Waals surface area contributed by atoms with Crippen molar-refractivity contribution < 1.29 is 14.1 Å². The van der Waals surface area contributed by atoms with Crippen molar-refractivity contribution in [2.24, 2.45) is 0 Å². The van der Waals surface area contributed by atoms with Gasteiger partial charge in [0.2, 0.25) is 5.91 Å². The van der Waals surface area contributed by atoms with Crippen LogP contribution in [0.5, 0.6) is 0 Å². The van der Waals surface area contributed by atoms with Crippen LogP contribution in [0.15, 0.2) is 23.0 Å². The molecule has 22 heavy (non-hydrogen) atoms. The summed E-state index contributed by atoms with van der Waals surface area (Å²) in [5.41, 5.74) is 2.77. The summed E-state index contributed by atoms with van der Waals surface area (Å²) in [5, 5.41) is 6.62. The number of hydrogen-bond acceptors (Lipinski definition) is 6. The predicted octanol–water partition coefficient (Wildman–Crippen LogP) is 2.76. The molecule has 0 unspecified atom stereocenters. The summed E-state index contributed by atoms with van der Waals surface area (Å²) in [6, 6.07) is 1.62. The van der Waals surface area contributed by atoms with E-state index in [4.69, 9.17) is 4.52 Å². The number of thioether (sulfide) groups is 1. The number of hydrogen-bond donors (Lipinski definition) is 1. The number of carbonyl (C=O) groups excluding carboxylic acids is 2. The molecule has 0 aliphatic heterocycles. The Hall–Kier alpha value is -2.15. The summed E-state index contributed by atoms with van der Waals surface area (Å²) < 4.78 is 5.08. The van der Waals surface area contributed by atoms with Gasteiger partial charge >= 0.3 is 0 Å². The predicted molar refractivity (Wildman–Crippen MR) is 85.0 cm³/mol. The molecule has 0 saturated carbocycles. The average molecular weight is 319 g/mol. The molecule has 1 N–H and O–H groups in total. The first-order valence-electron chi connectivity index (χ1n) is 6.73. The van der Waals surface area contributed by atoms with Crippen molar-refractivity contribution >= 4 is 29.1 Å². The Morgan fingerprint density at radius 1 is 1.36 bits per heavy atom. The molecule has 0 aliphatic rings. The number of aromatic nitrogens is 2. The molecule has 6 nitrogen and oxygen atoms in total. The zero-order valence-electron chi connectivity index (χ0n) is 12.7. The number of aryl methyl sites for hydroxylation is 2. The zero-order chi connectivity index (χ0) is 16.1. The molecule has 0 aromatic carbocycles. The Balaban J connectivity index is 1.90. The van der Waals surface area contributed by atoms with Crippen LogP contribution in [0.3, 0.4) is 0 Å². The van der Waals surface area contributed by atoms with E-state index >= 15 is 0 Å². The SMILES string of the molecule is CC(=O)c1cnccc1NC(=O)CSCc1c(C)noc1C. The molecule has 1 amide bonds. The van der Waals surface area contributed by atoms with E-state index in [0.29, 0.717) is 17.0 Å². The van der Waals surface area contributed by atoms with Crippen LogP contribution in [-0.2, 0) is 10.5 Å². The van der Waals surface area contributed by atoms with Crippen molar-refractivity contribution in [2.75, 3.05) is 11.1 Å². The van der Waals surface area contributed by atoms with Gasteiger partial charge in [-0.2, -0.15) is 0 Å². The molecule has 2 rings (SSSR count). The summed E-state index contributed by atoms with van der Waals surface area (Å²) >= 11 is 1.47. The summed E-state index contributed by atoms with van der Waals surface area (Å²) in [7, 11) is 0. The van der Waals surface area contributed by atoms with Crippen molar-refractivity contribution in [3.05, 3.63) is 41.0 Å². The van der Waals surface area contributed by atoms with Crippen molar-refractivity contribution in [3.63, 3.8) is 0 Å². The van der Waals surface area contributed by atoms with Gasteiger partial charge in [0.15, 0.2) is 5.78 Å². The first-order chi connectivity index (χ1) is 10.5. The van der Waals surface area contributed by atoms with Gasteiger partial charge in [-0.05, 0) is 26.8 Å². The summed E-state index contributed by atoms with van der Waals surface area (Å²) in [5.74, 6) is 1.42. The summed E-state index contributed by atoms with van der Waals surface area (Å²) in [6.07, 6.45) is 2.99. The molecule has 0 atom stereocenters. The fourth-order valence-corrected chi connectivity index (χ4v) is 2.90. The van der Waals surface area contributed by atoms with Crippen LogP contribution >= 0.6 is 11.8 Å². The lowest BCUT2D eigenvalue weighted by atomic mass is 10.2. The molecule has 0 saturated heterocycles. The van der Waals surface area contributed by atoms with Crippen LogP contribution < -0.4 is 5.32 Å². The Kier molecular flexibility index (Phi) is 5.32. The molecular formula is C15H17N3O3S. The highest BCUT2D eigenvalue weighted by atomic mass is 32.2. The molecule has 7 heteroatoms. The molecule has 0 fully saturated rings. The molecule has 116 valence electrons. The number of Topliss-reactive ketones (excluding diaryl/α,β-unsaturated/α-hetero) is 1. The average Bonchev–Trinajstić information content (AvgIpc) is 2.79. The van der Waals surface area contributed by atoms with Crippen molar-refractivity contribution in [3.8, 4) is 0 Å². The lowest BCUT2D eigenvalue weighted by Crippen LogP contribution is -2.16. The number of nitrogens with zero attached hydrogens (tertiary/aromatic N) is 2. The maximum atomic E-state index is 12.0. The second kappa shape index (κ2) is 7.22. The minimum Gasteiger partial charge on any atom is -0.361 e. The largest absolute Gasteiger partial charge is 0.361 e. The smallest absolute Gasteiger partial charge is 0.234 e. The van der Waals surface area contributed by atoms with Crippen molar-refractivity contribution in [1.29, 1.82) is 0 Å². The second-order valence-electron chi connectivity index (χ2n) is 4.82. The van der Waals surface area contributed by atoms with E-state index in [9.17, 15) is 9.59 Å². The number of carbonyl (C=O) groups is 2. The minimum absolute atomic E-state index is 0.133. The third-order valence-corrected chi connectivity index (χ3v) is 4.09. The number of pyridine rings is 1. The van der Waals surface area contributed by atoms with E-state index in [1.54, 1.807) is 12.3 Å². The molecule has 0 radical (unpaired) electrons. The topological polar surface area (TPSA) is 85.1 Å². The molecule has 2 aromatic rings. The van der Waals surface area contributed by atoms with Gasteiger partial charge in [0.05, 0.1) is 22.7 Å². The Bertz CT molecular complexity index is 678. The van der Waals surface area contributed by atoms with Gasteiger partial charge < -0.3 is 9.84 Å². The van der Waals surface area contributed by atoms with E-state index in [2.05, 4.69) is 15.5 Å². The lowest BCUT2D eigenvalue weighted by Gasteiger charge is -2.08. The Labute approximate surface area is 132 Å². The maximum Gasteiger partial charge on any atom is 0.234 e. The van der Waals surface area contributed by atoms with Gasteiger partial charge in [-0.15, -0.1) is 11.8 Å². The van der Waals surface area contributed by atoms with Crippen LogP contribution in [0.2, 0.25) is 0 Å².